The van der Waals surface area contributed by atoms with Crippen molar-refractivity contribution in [1.29, 1.82) is 0 Å². The first-order valence-corrected chi connectivity index (χ1v) is 12.1. The summed E-state index contributed by atoms with van der Waals surface area (Å²) in [6.07, 6.45) is 16.3. The fourth-order valence-corrected chi connectivity index (χ4v) is 5.63. The van der Waals surface area contributed by atoms with Gasteiger partial charge in [0.05, 0.1) is 5.02 Å². The Morgan fingerprint density at radius 2 is 1.86 bits per heavy atom. The Morgan fingerprint density at radius 3 is 2.59 bits per heavy atom. The molecule has 2 saturated carbocycles. The normalized spacial score (nSPS) is 27.6. The molecule has 1 aromatic carbocycles. The molecule has 0 amide bonds. The second-order valence-electron chi connectivity index (χ2n) is 9.30. The molecule has 0 N–H and O–H groups in total. The molecule has 4 heteroatoms. The Bertz CT molecular complexity index is 654. The highest BCUT2D eigenvalue weighted by Crippen LogP contribution is 2.43. The summed E-state index contributed by atoms with van der Waals surface area (Å²) >= 11 is 5.67. The van der Waals surface area contributed by atoms with E-state index in [1.807, 2.05) is 0 Å². The van der Waals surface area contributed by atoms with Crippen LogP contribution in [0.1, 0.15) is 90.4 Å². The van der Waals surface area contributed by atoms with Crippen LogP contribution in [-0.2, 0) is 4.79 Å². The maximum absolute atomic E-state index is 13.5. The van der Waals surface area contributed by atoms with Gasteiger partial charge in [-0.3, -0.25) is 4.79 Å². The average molecular weight is 423 g/mol. The Balaban J connectivity index is 1.39. The number of ether oxygens (including phenoxy) is 1. The first-order chi connectivity index (χ1) is 14.0. The third kappa shape index (κ3) is 6.98. The van der Waals surface area contributed by atoms with E-state index in [-0.39, 0.29) is 16.7 Å². The van der Waals surface area contributed by atoms with Gasteiger partial charge in [0.25, 0.3) is 0 Å². The maximum Gasteiger partial charge on any atom is 0.311 e. The summed E-state index contributed by atoms with van der Waals surface area (Å²) in [5.41, 5.74) is 0. The van der Waals surface area contributed by atoms with E-state index < -0.39 is 5.82 Å². The van der Waals surface area contributed by atoms with E-state index in [9.17, 15) is 9.18 Å². The molecule has 0 saturated heterocycles. The van der Waals surface area contributed by atoms with E-state index in [0.29, 0.717) is 12.3 Å². The molecule has 0 bridgehead atoms. The van der Waals surface area contributed by atoms with Gasteiger partial charge in [0.1, 0.15) is 11.6 Å². The van der Waals surface area contributed by atoms with Crippen molar-refractivity contribution in [2.24, 2.45) is 23.7 Å². The Labute approximate surface area is 180 Å². The molecule has 2 aliphatic rings. The zero-order valence-corrected chi connectivity index (χ0v) is 18.6. The van der Waals surface area contributed by atoms with Crippen molar-refractivity contribution in [1.82, 2.24) is 0 Å². The molecule has 162 valence electrons. The van der Waals surface area contributed by atoms with Crippen molar-refractivity contribution in [3.63, 3.8) is 0 Å². The number of carbonyl (C=O) groups is 1. The molecule has 0 spiro atoms. The van der Waals surface area contributed by atoms with Crippen molar-refractivity contribution >= 4 is 17.6 Å². The lowest BCUT2D eigenvalue weighted by Gasteiger charge is -2.38. The molecule has 3 rings (SSSR count). The van der Waals surface area contributed by atoms with Crippen LogP contribution in [0.5, 0.6) is 5.75 Å². The predicted octanol–water partition coefficient (Wildman–Crippen LogP) is 7.97. The third-order valence-electron chi connectivity index (χ3n) is 7.23. The van der Waals surface area contributed by atoms with Crippen LogP contribution in [0.4, 0.5) is 4.39 Å². The average Bonchev–Trinajstić information content (AvgIpc) is 2.74. The van der Waals surface area contributed by atoms with Gasteiger partial charge in [-0.25, -0.2) is 4.39 Å². The summed E-state index contributed by atoms with van der Waals surface area (Å²) in [5.74, 6) is 2.75. The van der Waals surface area contributed by atoms with Crippen molar-refractivity contribution < 1.29 is 13.9 Å². The molecular formula is C25H36ClFO2. The first kappa shape index (κ1) is 22.6. The topological polar surface area (TPSA) is 26.3 Å². The lowest BCUT2D eigenvalue weighted by molar-refractivity contribution is -0.134. The third-order valence-corrected chi connectivity index (χ3v) is 7.53. The number of carbonyl (C=O) groups excluding carboxylic acids is 1. The van der Waals surface area contributed by atoms with E-state index in [1.165, 1.54) is 88.8 Å². The highest BCUT2D eigenvalue weighted by atomic mass is 35.5. The molecule has 29 heavy (non-hydrogen) atoms. The second-order valence-corrected chi connectivity index (χ2v) is 9.71. The van der Waals surface area contributed by atoms with Gasteiger partial charge in [0.15, 0.2) is 0 Å². The summed E-state index contributed by atoms with van der Waals surface area (Å²) in [7, 11) is 0. The van der Waals surface area contributed by atoms with E-state index >= 15 is 0 Å². The monoisotopic (exact) mass is 422 g/mol. The van der Waals surface area contributed by atoms with Gasteiger partial charge in [-0.2, -0.15) is 0 Å². The maximum atomic E-state index is 13.5. The van der Waals surface area contributed by atoms with Crippen LogP contribution < -0.4 is 4.74 Å². The van der Waals surface area contributed by atoms with Crippen LogP contribution in [-0.4, -0.2) is 5.97 Å². The zero-order chi connectivity index (χ0) is 20.6. The van der Waals surface area contributed by atoms with Crippen molar-refractivity contribution in [2.75, 3.05) is 0 Å². The number of halogens is 2. The van der Waals surface area contributed by atoms with Gasteiger partial charge < -0.3 is 4.74 Å². The molecule has 1 aromatic rings. The standard InChI is InChI=1S/C25H36ClFO2/c1-2-3-5-18-8-11-20(12-9-18)21-7-4-6-19(16-21)10-15-25(28)29-22-13-14-23(26)24(27)17-22/h13-14,17-21H,2-12,15-16H2,1H3/t18-,19?,20-,21-/m0/s1. The van der Waals surface area contributed by atoms with Gasteiger partial charge >= 0.3 is 5.97 Å². The fraction of sp³-hybridized carbons (Fsp3) is 0.720. The minimum atomic E-state index is -0.559. The number of rotatable bonds is 8. The summed E-state index contributed by atoms with van der Waals surface area (Å²) in [6, 6.07) is 4.13. The minimum absolute atomic E-state index is 0.0393. The van der Waals surface area contributed by atoms with Crippen LogP contribution in [0.2, 0.25) is 5.02 Å². The Kier molecular flexibility index (Phi) is 8.84. The van der Waals surface area contributed by atoms with Crippen LogP contribution in [0.15, 0.2) is 18.2 Å². The van der Waals surface area contributed by atoms with Gasteiger partial charge in [-0.1, -0.05) is 69.9 Å². The van der Waals surface area contributed by atoms with E-state index in [2.05, 4.69) is 6.92 Å². The van der Waals surface area contributed by atoms with E-state index in [1.54, 1.807) is 0 Å². The molecule has 2 aliphatic carbocycles. The smallest absolute Gasteiger partial charge is 0.311 e. The van der Waals surface area contributed by atoms with Crippen molar-refractivity contribution in [3.05, 3.63) is 29.0 Å². The predicted molar refractivity (Wildman–Crippen MR) is 117 cm³/mol. The molecule has 2 atom stereocenters. The lowest BCUT2D eigenvalue weighted by atomic mass is 9.67. The molecule has 0 radical (unpaired) electrons. The minimum Gasteiger partial charge on any atom is -0.426 e. The fourth-order valence-electron chi connectivity index (χ4n) is 5.51. The Morgan fingerprint density at radius 1 is 1.07 bits per heavy atom. The molecule has 0 heterocycles. The van der Waals surface area contributed by atoms with Crippen LogP contribution >= 0.6 is 11.6 Å². The molecule has 0 aliphatic heterocycles. The molecule has 0 aromatic heterocycles. The molecular weight excluding hydrogens is 387 g/mol. The summed E-state index contributed by atoms with van der Waals surface area (Å²) in [6.45, 7) is 2.29. The van der Waals surface area contributed by atoms with Gasteiger partial charge in [-0.15, -0.1) is 0 Å². The van der Waals surface area contributed by atoms with Crippen LogP contribution in [0.25, 0.3) is 0 Å². The number of hydrogen-bond donors (Lipinski definition) is 0. The Hall–Kier alpha value is -1.09. The number of benzene rings is 1. The zero-order valence-electron chi connectivity index (χ0n) is 17.8. The van der Waals surface area contributed by atoms with Crippen molar-refractivity contribution in [3.8, 4) is 5.75 Å². The molecule has 2 fully saturated rings. The summed E-state index contributed by atoms with van der Waals surface area (Å²) in [4.78, 5) is 12.2. The number of hydrogen-bond acceptors (Lipinski definition) is 2. The largest absolute Gasteiger partial charge is 0.426 e. The lowest BCUT2D eigenvalue weighted by Crippen LogP contribution is -2.27. The number of unbranched alkanes of at least 4 members (excludes halogenated alkanes) is 1. The van der Waals surface area contributed by atoms with E-state index in [0.717, 1.165) is 24.2 Å². The first-order valence-electron chi connectivity index (χ1n) is 11.7. The second kappa shape index (κ2) is 11.3. The van der Waals surface area contributed by atoms with Gasteiger partial charge in [-0.05, 0) is 61.5 Å². The van der Waals surface area contributed by atoms with Crippen molar-refractivity contribution in [2.45, 2.75) is 90.4 Å². The summed E-state index contributed by atoms with van der Waals surface area (Å²) in [5, 5.41) is 0.0393. The molecule has 2 nitrogen and oxygen atoms in total. The van der Waals surface area contributed by atoms with E-state index in [4.69, 9.17) is 16.3 Å². The van der Waals surface area contributed by atoms with Gasteiger partial charge in [0, 0.05) is 12.5 Å². The number of esters is 1. The van der Waals surface area contributed by atoms with Crippen LogP contribution in [0, 0.1) is 29.5 Å². The summed E-state index contributed by atoms with van der Waals surface area (Å²) < 4.78 is 18.8. The SMILES string of the molecule is CCCC[C@H]1CC[C@H]([C@H]2CCCC(CCC(=O)Oc3ccc(Cl)c(F)c3)C2)CC1. The highest BCUT2D eigenvalue weighted by molar-refractivity contribution is 6.30. The van der Waals surface area contributed by atoms with Gasteiger partial charge in [0.2, 0.25) is 0 Å². The molecule has 1 unspecified atom stereocenters. The quantitative estimate of drug-likeness (QED) is 0.313. The highest BCUT2D eigenvalue weighted by Gasteiger charge is 2.31. The van der Waals surface area contributed by atoms with Crippen LogP contribution in [0.3, 0.4) is 0 Å².